The molecule has 0 aromatic heterocycles. The fourth-order valence-electron chi connectivity index (χ4n) is 1.24. The second kappa shape index (κ2) is 7.66. The summed E-state index contributed by atoms with van der Waals surface area (Å²) in [5, 5.41) is 2.15. The Morgan fingerprint density at radius 2 is 1.60 bits per heavy atom. The minimum Gasteiger partial charge on any atom is -0.467 e. The number of alkyl carbamates (subject to hydrolysis) is 1. The molecule has 0 saturated heterocycles. The maximum absolute atomic E-state index is 13.5. The van der Waals surface area contributed by atoms with Gasteiger partial charge in [0.05, 0.1) is 14.2 Å². The number of carbonyl (C=O) groups is 3. The highest BCUT2D eigenvalue weighted by Gasteiger charge is 2.31. The standard InChI is InChI=1S/C12H20FNO6/c1-12(2,3)20-11(17)14-8(10(16)19-5)6-7(13)9(15)18-4/h7-8H,6H2,1-5H3,(H,14,17). The van der Waals surface area contributed by atoms with Crippen molar-refractivity contribution in [1.29, 1.82) is 0 Å². The molecule has 0 heterocycles. The van der Waals surface area contributed by atoms with Gasteiger partial charge < -0.3 is 19.5 Å². The lowest BCUT2D eigenvalue weighted by molar-refractivity contribution is -0.149. The first-order valence-electron chi connectivity index (χ1n) is 5.90. The molecule has 0 radical (unpaired) electrons. The number of rotatable bonds is 5. The number of hydrogen-bond donors (Lipinski definition) is 1. The van der Waals surface area contributed by atoms with Gasteiger partial charge in [-0.25, -0.2) is 18.8 Å². The van der Waals surface area contributed by atoms with Crippen molar-refractivity contribution in [2.75, 3.05) is 14.2 Å². The summed E-state index contributed by atoms with van der Waals surface area (Å²) in [7, 11) is 2.10. The maximum Gasteiger partial charge on any atom is 0.408 e. The van der Waals surface area contributed by atoms with Crippen LogP contribution >= 0.6 is 0 Å². The van der Waals surface area contributed by atoms with Gasteiger partial charge >= 0.3 is 18.0 Å². The largest absolute Gasteiger partial charge is 0.467 e. The zero-order valence-electron chi connectivity index (χ0n) is 12.2. The highest BCUT2D eigenvalue weighted by atomic mass is 19.1. The van der Waals surface area contributed by atoms with Crippen LogP contribution in [0.1, 0.15) is 27.2 Å². The zero-order valence-corrected chi connectivity index (χ0v) is 12.2. The maximum atomic E-state index is 13.5. The predicted octanol–water partition coefficient (Wildman–Crippen LogP) is 0.954. The first kappa shape index (κ1) is 18.1. The van der Waals surface area contributed by atoms with Crippen LogP contribution in [0, 0.1) is 0 Å². The van der Waals surface area contributed by atoms with Crippen molar-refractivity contribution in [2.24, 2.45) is 0 Å². The number of carbonyl (C=O) groups excluding carboxylic acids is 3. The van der Waals surface area contributed by atoms with E-state index in [4.69, 9.17) is 4.74 Å². The number of esters is 2. The van der Waals surface area contributed by atoms with Crippen molar-refractivity contribution < 1.29 is 33.0 Å². The van der Waals surface area contributed by atoms with Crippen molar-refractivity contribution in [3.05, 3.63) is 0 Å². The van der Waals surface area contributed by atoms with E-state index in [2.05, 4.69) is 14.8 Å². The van der Waals surface area contributed by atoms with E-state index in [0.717, 1.165) is 14.2 Å². The van der Waals surface area contributed by atoms with Gasteiger partial charge in [0.2, 0.25) is 0 Å². The van der Waals surface area contributed by atoms with E-state index in [-0.39, 0.29) is 0 Å². The van der Waals surface area contributed by atoms with E-state index >= 15 is 0 Å². The van der Waals surface area contributed by atoms with Crippen LogP contribution in [0.4, 0.5) is 9.18 Å². The Morgan fingerprint density at radius 3 is 2.00 bits per heavy atom. The lowest BCUT2D eigenvalue weighted by Crippen LogP contribution is -2.46. The number of nitrogens with one attached hydrogen (secondary N) is 1. The van der Waals surface area contributed by atoms with Gasteiger partial charge in [-0.3, -0.25) is 0 Å². The topological polar surface area (TPSA) is 90.9 Å². The van der Waals surface area contributed by atoms with Crippen LogP contribution in [0.25, 0.3) is 0 Å². The van der Waals surface area contributed by atoms with E-state index in [1.165, 1.54) is 0 Å². The molecule has 0 fully saturated rings. The number of ether oxygens (including phenoxy) is 3. The summed E-state index contributed by atoms with van der Waals surface area (Å²) in [6.45, 7) is 4.89. The highest BCUT2D eigenvalue weighted by molar-refractivity contribution is 5.83. The molecule has 8 heteroatoms. The molecule has 2 atom stereocenters. The van der Waals surface area contributed by atoms with E-state index in [9.17, 15) is 18.8 Å². The van der Waals surface area contributed by atoms with E-state index in [1.807, 2.05) is 0 Å². The fraction of sp³-hybridized carbons (Fsp3) is 0.750. The Labute approximate surface area is 116 Å². The third-order valence-corrected chi connectivity index (χ3v) is 2.08. The minimum atomic E-state index is -2.06. The molecular weight excluding hydrogens is 273 g/mol. The molecule has 0 aromatic rings. The first-order chi connectivity index (χ1) is 9.10. The quantitative estimate of drug-likeness (QED) is 0.599. The lowest BCUT2D eigenvalue weighted by atomic mass is 10.1. The number of amides is 1. The molecular formula is C12H20FNO6. The summed E-state index contributed by atoms with van der Waals surface area (Å²) in [5.74, 6) is -2.02. The summed E-state index contributed by atoms with van der Waals surface area (Å²) in [5.41, 5.74) is -0.776. The summed E-state index contributed by atoms with van der Waals surface area (Å²) in [6, 6.07) is -1.34. The van der Waals surface area contributed by atoms with Crippen molar-refractivity contribution in [2.45, 2.75) is 45.0 Å². The fourth-order valence-corrected chi connectivity index (χ4v) is 1.24. The number of alkyl halides is 1. The Kier molecular flexibility index (Phi) is 6.95. The van der Waals surface area contributed by atoms with Crippen molar-refractivity contribution in [1.82, 2.24) is 5.32 Å². The van der Waals surface area contributed by atoms with Gasteiger partial charge in [0, 0.05) is 6.42 Å². The van der Waals surface area contributed by atoms with Crippen LogP contribution in [0.2, 0.25) is 0 Å². The van der Waals surface area contributed by atoms with Crippen LogP contribution in [-0.4, -0.2) is 50.1 Å². The average molecular weight is 293 g/mol. The second-order valence-corrected chi connectivity index (χ2v) is 4.95. The Hall–Kier alpha value is -1.86. The molecule has 20 heavy (non-hydrogen) atoms. The van der Waals surface area contributed by atoms with Crippen molar-refractivity contribution >= 4 is 18.0 Å². The normalized spacial score (nSPS) is 13.9. The van der Waals surface area contributed by atoms with Crippen LogP contribution in [0.3, 0.4) is 0 Å². The smallest absolute Gasteiger partial charge is 0.408 e. The van der Waals surface area contributed by atoms with Crippen molar-refractivity contribution in [3.63, 3.8) is 0 Å². The Bertz CT molecular complexity index is 365. The van der Waals surface area contributed by atoms with Crippen LogP contribution in [0.5, 0.6) is 0 Å². The van der Waals surface area contributed by atoms with Gasteiger partial charge in [-0.2, -0.15) is 0 Å². The van der Waals surface area contributed by atoms with Gasteiger partial charge in [-0.1, -0.05) is 0 Å². The molecule has 1 amide bonds. The summed E-state index contributed by atoms with van der Waals surface area (Å²) in [6.07, 6.45) is -3.57. The van der Waals surface area contributed by atoms with Crippen LogP contribution < -0.4 is 5.32 Å². The van der Waals surface area contributed by atoms with Crippen LogP contribution in [-0.2, 0) is 23.8 Å². The minimum absolute atomic E-state index is 0.599. The first-order valence-corrected chi connectivity index (χ1v) is 5.90. The molecule has 0 aromatic carbocycles. The number of halogens is 1. The molecule has 2 unspecified atom stereocenters. The molecule has 0 bridgehead atoms. The molecule has 0 spiro atoms. The third-order valence-electron chi connectivity index (χ3n) is 2.08. The molecule has 1 N–H and O–H groups in total. The third kappa shape index (κ3) is 6.91. The van der Waals surface area contributed by atoms with Gasteiger partial charge in [0.15, 0.2) is 6.17 Å². The van der Waals surface area contributed by atoms with Crippen molar-refractivity contribution in [3.8, 4) is 0 Å². The molecule has 116 valence electrons. The highest BCUT2D eigenvalue weighted by Crippen LogP contribution is 2.10. The molecule has 0 saturated carbocycles. The lowest BCUT2D eigenvalue weighted by Gasteiger charge is -2.22. The zero-order chi connectivity index (χ0) is 15.9. The second-order valence-electron chi connectivity index (χ2n) is 4.95. The molecule has 0 rings (SSSR count). The van der Waals surface area contributed by atoms with Gasteiger partial charge in [-0.05, 0) is 20.8 Å². The molecule has 0 aliphatic heterocycles. The summed E-state index contributed by atoms with van der Waals surface area (Å²) >= 11 is 0. The van der Waals surface area contributed by atoms with Gasteiger partial charge in [0.25, 0.3) is 0 Å². The Balaban J connectivity index is 4.70. The van der Waals surface area contributed by atoms with E-state index in [0.29, 0.717) is 0 Å². The summed E-state index contributed by atoms with van der Waals surface area (Å²) in [4.78, 5) is 34.0. The molecule has 7 nitrogen and oxygen atoms in total. The van der Waals surface area contributed by atoms with Crippen LogP contribution in [0.15, 0.2) is 0 Å². The molecule has 0 aliphatic rings. The summed E-state index contributed by atoms with van der Waals surface area (Å²) < 4.78 is 27.0. The van der Waals surface area contributed by atoms with Gasteiger partial charge in [0.1, 0.15) is 11.6 Å². The molecule has 0 aliphatic carbocycles. The van der Waals surface area contributed by atoms with E-state index < -0.39 is 42.3 Å². The van der Waals surface area contributed by atoms with Gasteiger partial charge in [-0.15, -0.1) is 0 Å². The SMILES string of the molecule is COC(=O)C(F)CC(NC(=O)OC(C)(C)C)C(=O)OC. The number of hydrogen-bond acceptors (Lipinski definition) is 6. The predicted molar refractivity (Wildman–Crippen MR) is 66.7 cm³/mol. The Morgan fingerprint density at radius 1 is 1.10 bits per heavy atom. The van der Waals surface area contributed by atoms with E-state index in [1.54, 1.807) is 20.8 Å². The average Bonchev–Trinajstić information content (AvgIpc) is 2.33. The number of methoxy groups -OCH3 is 2. The monoisotopic (exact) mass is 293 g/mol.